The molecule has 0 heterocycles. The second-order valence-corrected chi connectivity index (χ2v) is 5.28. The Kier molecular flexibility index (Phi) is 6.51. The fourth-order valence-corrected chi connectivity index (χ4v) is 2.23. The van der Waals surface area contributed by atoms with Crippen molar-refractivity contribution >= 4 is 11.6 Å². The molecule has 1 amide bonds. The average molecular weight is 341 g/mol. The monoisotopic (exact) mass is 341 g/mol. The van der Waals surface area contributed by atoms with E-state index in [4.69, 9.17) is 15.8 Å². The Morgan fingerprint density at radius 3 is 2.31 bits per heavy atom. The smallest absolute Gasteiger partial charge is 0.251 e. The molecule has 0 saturated heterocycles. The Bertz CT molecular complexity index is 927. The number of nitrogens with one attached hydrogen (secondary N) is 2. The first kappa shape index (κ1) is 18.3. The molecule has 2 aromatic carbocycles. The minimum Gasteiger partial charge on any atom is -0.352 e. The summed E-state index contributed by atoms with van der Waals surface area (Å²) in [7, 11) is 0. The average Bonchev–Trinajstić information content (AvgIpc) is 2.69. The molecule has 0 spiro atoms. The van der Waals surface area contributed by atoms with Crippen LogP contribution in [0, 0.1) is 34.0 Å². The summed E-state index contributed by atoms with van der Waals surface area (Å²) in [5.74, 6) is -0.243. The van der Waals surface area contributed by atoms with Crippen LogP contribution in [-0.2, 0) is 6.42 Å². The zero-order valence-electron chi connectivity index (χ0n) is 13.9. The molecular weight excluding hydrogens is 326 g/mol. The van der Waals surface area contributed by atoms with Crippen LogP contribution in [0.2, 0.25) is 0 Å². The van der Waals surface area contributed by atoms with Gasteiger partial charge in [-0.05, 0) is 30.2 Å². The molecule has 6 heteroatoms. The first-order valence-electron chi connectivity index (χ1n) is 7.81. The molecule has 0 bridgehead atoms. The lowest BCUT2D eigenvalue weighted by molar-refractivity contribution is 0.0954. The summed E-state index contributed by atoms with van der Waals surface area (Å²) in [5, 5.41) is 32.3. The summed E-state index contributed by atoms with van der Waals surface area (Å²) >= 11 is 0. The van der Waals surface area contributed by atoms with Crippen LogP contribution in [0.4, 0.5) is 5.69 Å². The van der Waals surface area contributed by atoms with E-state index in [2.05, 4.69) is 10.6 Å². The first-order chi connectivity index (χ1) is 12.7. The van der Waals surface area contributed by atoms with Crippen LogP contribution >= 0.6 is 0 Å². The van der Waals surface area contributed by atoms with Crippen molar-refractivity contribution in [3.63, 3.8) is 0 Å². The Morgan fingerprint density at radius 1 is 0.923 bits per heavy atom. The van der Waals surface area contributed by atoms with E-state index in [1.165, 1.54) is 0 Å². The molecule has 0 radical (unpaired) electrons. The number of nitrogens with zero attached hydrogens (tertiary/aromatic N) is 3. The molecular formula is C20H15N5O. The second-order valence-electron chi connectivity index (χ2n) is 5.28. The quantitative estimate of drug-likeness (QED) is 0.784. The summed E-state index contributed by atoms with van der Waals surface area (Å²) in [6.07, 6.45) is 0.722. The molecule has 0 unspecified atom stereocenters. The van der Waals surface area contributed by atoms with E-state index in [-0.39, 0.29) is 17.2 Å². The highest BCUT2D eigenvalue weighted by Crippen LogP contribution is 2.14. The Labute approximate surface area is 151 Å². The molecule has 26 heavy (non-hydrogen) atoms. The molecule has 126 valence electrons. The summed E-state index contributed by atoms with van der Waals surface area (Å²) in [6.45, 7) is 0.497. The maximum Gasteiger partial charge on any atom is 0.251 e. The van der Waals surface area contributed by atoms with Gasteiger partial charge in [0.15, 0.2) is 5.57 Å². The van der Waals surface area contributed by atoms with Gasteiger partial charge in [-0.2, -0.15) is 15.8 Å². The van der Waals surface area contributed by atoms with Crippen LogP contribution in [-0.4, -0.2) is 12.5 Å². The van der Waals surface area contributed by atoms with Crippen LogP contribution in [0.25, 0.3) is 0 Å². The maximum absolute atomic E-state index is 12.3. The number of amides is 1. The SMILES string of the molecule is N#CC(C#N)=C(C#N)Nc1cccc(C(=O)NCCc2ccccc2)c1. The number of rotatable bonds is 6. The van der Waals surface area contributed by atoms with Crippen LogP contribution in [0.1, 0.15) is 15.9 Å². The van der Waals surface area contributed by atoms with Gasteiger partial charge >= 0.3 is 0 Å². The van der Waals surface area contributed by atoms with E-state index in [0.717, 1.165) is 12.0 Å². The third-order valence-corrected chi connectivity index (χ3v) is 3.52. The number of nitriles is 3. The molecule has 0 atom stereocenters. The summed E-state index contributed by atoms with van der Waals surface area (Å²) in [6, 6.07) is 21.4. The van der Waals surface area contributed by atoms with Crippen molar-refractivity contribution < 1.29 is 4.79 Å². The van der Waals surface area contributed by atoms with Crippen LogP contribution < -0.4 is 10.6 Å². The topological polar surface area (TPSA) is 112 Å². The molecule has 2 rings (SSSR count). The van der Waals surface area contributed by atoms with Gasteiger partial charge in [-0.1, -0.05) is 36.4 Å². The normalized spacial score (nSPS) is 9.12. The largest absolute Gasteiger partial charge is 0.352 e. The Balaban J connectivity index is 2.03. The van der Waals surface area contributed by atoms with Crippen molar-refractivity contribution in [3.8, 4) is 18.2 Å². The van der Waals surface area contributed by atoms with E-state index in [1.807, 2.05) is 30.3 Å². The third-order valence-electron chi connectivity index (χ3n) is 3.52. The van der Waals surface area contributed by atoms with Gasteiger partial charge < -0.3 is 10.6 Å². The summed E-state index contributed by atoms with van der Waals surface area (Å²) in [4.78, 5) is 12.3. The van der Waals surface area contributed by atoms with Gasteiger partial charge in [0, 0.05) is 17.8 Å². The molecule has 6 nitrogen and oxygen atoms in total. The highest BCUT2D eigenvalue weighted by Gasteiger charge is 2.09. The zero-order chi connectivity index (χ0) is 18.8. The fraction of sp³-hybridized carbons (Fsp3) is 0.100. The predicted molar refractivity (Wildman–Crippen MR) is 96.4 cm³/mol. The highest BCUT2D eigenvalue weighted by atomic mass is 16.1. The predicted octanol–water partition coefficient (Wildman–Crippen LogP) is 2.90. The summed E-state index contributed by atoms with van der Waals surface area (Å²) in [5.41, 5.74) is 1.52. The van der Waals surface area contributed by atoms with Gasteiger partial charge in [0.1, 0.15) is 23.9 Å². The standard InChI is InChI=1S/C20H15N5O/c21-12-17(13-22)19(14-23)25-18-8-4-7-16(11-18)20(26)24-10-9-15-5-2-1-3-6-15/h1-8,11,25H,9-10H2,(H,24,26). The molecule has 0 saturated carbocycles. The number of carbonyl (C=O) groups is 1. The fourth-order valence-electron chi connectivity index (χ4n) is 2.23. The van der Waals surface area contributed by atoms with E-state index < -0.39 is 0 Å². The third kappa shape index (κ3) is 4.96. The molecule has 0 aromatic heterocycles. The molecule has 0 aliphatic heterocycles. The first-order valence-corrected chi connectivity index (χ1v) is 7.81. The maximum atomic E-state index is 12.3. The molecule has 0 aliphatic carbocycles. The molecule has 0 fully saturated rings. The Morgan fingerprint density at radius 2 is 1.65 bits per heavy atom. The van der Waals surface area contributed by atoms with E-state index in [1.54, 1.807) is 42.5 Å². The van der Waals surface area contributed by atoms with Gasteiger partial charge in [0.05, 0.1) is 0 Å². The minimum absolute atomic E-state index is 0.156. The summed E-state index contributed by atoms with van der Waals surface area (Å²) < 4.78 is 0. The Hall–Kier alpha value is -4.08. The van der Waals surface area contributed by atoms with Gasteiger partial charge in [0.2, 0.25) is 0 Å². The van der Waals surface area contributed by atoms with Gasteiger partial charge in [-0.15, -0.1) is 0 Å². The second kappa shape index (κ2) is 9.27. The van der Waals surface area contributed by atoms with Gasteiger partial charge in [-0.25, -0.2) is 0 Å². The van der Waals surface area contributed by atoms with Crippen LogP contribution in [0.5, 0.6) is 0 Å². The van der Waals surface area contributed by atoms with Crippen LogP contribution in [0.15, 0.2) is 65.9 Å². The number of benzene rings is 2. The highest BCUT2D eigenvalue weighted by molar-refractivity contribution is 5.95. The van der Waals surface area contributed by atoms with Crippen molar-refractivity contribution in [2.75, 3.05) is 11.9 Å². The lowest BCUT2D eigenvalue weighted by Crippen LogP contribution is -2.25. The van der Waals surface area contributed by atoms with E-state index in [9.17, 15) is 4.79 Å². The minimum atomic E-state index is -0.315. The van der Waals surface area contributed by atoms with Crippen molar-refractivity contribution in [2.24, 2.45) is 0 Å². The number of anilines is 1. The number of carbonyl (C=O) groups excluding carboxylic acids is 1. The van der Waals surface area contributed by atoms with Gasteiger partial charge in [-0.3, -0.25) is 4.79 Å². The van der Waals surface area contributed by atoms with Crippen LogP contribution in [0.3, 0.4) is 0 Å². The lowest BCUT2D eigenvalue weighted by atomic mass is 10.1. The van der Waals surface area contributed by atoms with E-state index in [0.29, 0.717) is 17.8 Å². The molecule has 2 N–H and O–H groups in total. The number of hydrogen-bond acceptors (Lipinski definition) is 5. The lowest BCUT2D eigenvalue weighted by Gasteiger charge is -2.08. The molecule has 2 aromatic rings. The number of allylic oxidation sites excluding steroid dienone is 2. The van der Waals surface area contributed by atoms with Gasteiger partial charge in [0.25, 0.3) is 5.91 Å². The zero-order valence-corrected chi connectivity index (χ0v) is 13.9. The van der Waals surface area contributed by atoms with Crippen molar-refractivity contribution in [3.05, 3.63) is 77.0 Å². The van der Waals surface area contributed by atoms with Crippen molar-refractivity contribution in [2.45, 2.75) is 6.42 Å². The number of hydrogen-bond donors (Lipinski definition) is 2. The van der Waals surface area contributed by atoms with Crippen molar-refractivity contribution in [1.82, 2.24) is 5.32 Å². The van der Waals surface area contributed by atoms with E-state index >= 15 is 0 Å². The van der Waals surface area contributed by atoms with Crippen molar-refractivity contribution in [1.29, 1.82) is 15.8 Å². The molecule has 0 aliphatic rings.